The molecule has 0 saturated heterocycles. The second-order valence-electron chi connectivity index (χ2n) is 7.85. The zero-order valence-corrected chi connectivity index (χ0v) is 17.4. The van der Waals surface area contributed by atoms with E-state index in [2.05, 4.69) is 64.6 Å². The number of aryl methyl sites for hydroxylation is 1. The number of rotatable bonds is 5. The number of carbonyl (C=O) groups excluding carboxylic acids is 1. The van der Waals surface area contributed by atoms with Crippen molar-refractivity contribution < 1.29 is 9.53 Å². The number of amides is 1. The summed E-state index contributed by atoms with van der Waals surface area (Å²) >= 11 is 0. The molecule has 0 atom stereocenters. The van der Waals surface area contributed by atoms with Crippen molar-refractivity contribution in [1.29, 1.82) is 0 Å². The third-order valence-electron chi connectivity index (χ3n) is 5.93. The standard InChI is InChI=1S/C27H24N2O2/c1-29-16-14-20-17-19(12-13-26(20)29)7-6-15-28-27(30)31-18-25-23-10-4-2-8-21(23)22-9-3-5-11-24(22)25/h2-14,16-17,25H,15,18H2,1H3,(H,28,30). The Morgan fingerprint density at radius 3 is 2.45 bits per heavy atom. The highest BCUT2D eigenvalue weighted by Gasteiger charge is 2.28. The Labute approximate surface area is 181 Å². The van der Waals surface area contributed by atoms with Crippen LogP contribution >= 0.6 is 0 Å². The van der Waals surface area contributed by atoms with Gasteiger partial charge < -0.3 is 14.6 Å². The maximum absolute atomic E-state index is 12.2. The minimum Gasteiger partial charge on any atom is -0.449 e. The van der Waals surface area contributed by atoms with Crippen LogP contribution < -0.4 is 5.32 Å². The average Bonchev–Trinajstić information content (AvgIpc) is 3.33. The van der Waals surface area contributed by atoms with Crippen LogP contribution in [0.15, 0.2) is 85.1 Å². The molecule has 0 bridgehead atoms. The van der Waals surface area contributed by atoms with Crippen LogP contribution in [0.4, 0.5) is 4.79 Å². The number of benzene rings is 3. The van der Waals surface area contributed by atoms with Crippen LogP contribution in [0.25, 0.3) is 28.1 Å². The van der Waals surface area contributed by atoms with E-state index in [1.165, 1.54) is 33.2 Å². The molecule has 0 aliphatic heterocycles. The van der Waals surface area contributed by atoms with E-state index in [-0.39, 0.29) is 5.92 Å². The molecule has 31 heavy (non-hydrogen) atoms. The number of nitrogens with zero attached hydrogens (tertiary/aromatic N) is 1. The molecule has 1 aliphatic rings. The molecule has 1 aliphatic carbocycles. The van der Waals surface area contributed by atoms with Gasteiger partial charge in [-0.15, -0.1) is 0 Å². The molecular weight excluding hydrogens is 384 g/mol. The zero-order chi connectivity index (χ0) is 21.2. The van der Waals surface area contributed by atoms with Crippen LogP contribution in [0, 0.1) is 0 Å². The van der Waals surface area contributed by atoms with Gasteiger partial charge in [0, 0.05) is 36.6 Å². The van der Waals surface area contributed by atoms with Crippen LogP contribution in [0.3, 0.4) is 0 Å². The molecule has 1 amide bonds. The minimum atomic E-state index is -0.398. The maximum atomic E-state index is 12.2. The second-order valence-corrected chi connectivity index (χ2v) is 7.85. The van der Waals surface area contributed by atoms with Gasteiger partial charge in [-0.3, -0.25) is 0 Å². The first kappa shape index (κ1) is 19.2. The summed E-state index contributed by atoms with van der Waals surface area (Å²) in [6, 6.07) is 25.1. The van der Waals surface area contributed by atoms with E-state index in [9.17, 15) is 4.79 Å². The molecule has 4 nitrogen and oxygen atoms in total. The summed E-state index contributed by atoms with van der Waals surface area (Å²) in [5, 5.41) is 4.02. The quantitative estimate of drug-likeness (QED) is 0.458. The number of ether oxygens (including phenoxy) is 1. The lowest BCUT2D eigenvalue weighted by Gasteiger charge is -2.14. The number of hydrogen-bond acceptors (Lipinski definition) is 2. The van der Waals surface area contributed by atoms with E-state index in [1.807, 2.05) is 43.5 Å². The molecule has 0 unspecified atom stereocenters. The molecule has 1 aromatic heterocycles. The highest BCUT2D eigenvalue weighted by Crippen LogP contribution is 2.44. The molecule has 4 aromatic rings. The van der Waals surface area contributed by atoms with Gasteiger partial charge >= 0.3 is 6.09 Å². The highest BCUT2D eigenvalue weighted by atomic mass is 16.5. The number of fused-ring (bicyclic) bond motifs is 4. The van der Waals surface area contributed by atoms with Gasteiger partial charge in [0.2, 0.25) is 0 Å². The SMILES string of the molecule is Cn1ccc2cc(C=CCNC(=O)OCC3c4ccccc4-c4ccccc43)ccc21. The lowest BCUT2D eigenvalue weighted by molar-refractivity contribution is 0.144. The van der Waals surface area contributed by atoms with Gasteiger partial charge in [0.25, 0.3) is 0 Å². The Morgan fingerprint density at radius 1 is 1.00 bits per heavy atom. The van der Waals surface area contributed by atoms with Crippen molar-refractivity contribution in [2.24, 2.45) is 7.05 Å². The van der Waals surface area contributed by atoms with Gasteiger partial charge in [0.05, 0.1) is 0 Å². The molecule has 154 valence electrons. The third-order valence-corrected chi connectivity index (χ3v) is 5.93. The largest absolute Gasteiger partial charge is 0.449 e. The maximum Gasteiger partial charge on any atom is 0.407 e. The molecule has 0 spiro atoms. The Hall–Kier alpha value is -3.79. The van der Waals surface area contributed by atoms with E-state index < -0.39 is 6.09 Å². The first-order chi connectivity index (χ1) is 15.2. The van der Waals surface area contributed by atoms with Crippen molar-refractivity contribution >= 4 is 23.1 Å². The molecule has 0 saturated carbocycles. The van der Waals surface area contributed by atoms with Crippen molar-refractivity contribution in [3.05, 3.63) is 102 Å². The van der Waals surface area contributed by atoms with E-state index in [0.29, 0.717) is 13.2 Å². The Bertz CT molecular complexity index is 1240. The molecule has 3 aromatic carbocycles. The van der Waals surface area contributed by atoms with Gasteiger partial charge in [0.1, 0.15) is 6.61 Å². The van der Waals surface area contributed by atoms with E-state index in [0.717, 1.165) is 5.56 Å². The number of aromatic nitrogens is 1. The van der Waals surface area contributed by atoms with Crippen molar-refractivity contribution in [2.75, 3.05) is 13.2 Å². The monoisotopic (exact) mass is 408 g/mol. The second kappa shape index (κ2) is 8.15. The smallest absolute Gasteiger partial charge is 0.407 e. The molecule has 4 heteroatoms. The number of alkyl carbamates (subject to hydrolysis) is 1. The Balaban J connectivity index is 1.17. The van der Waals surface area contributed by atoms with E-state index >= 15 is 0 Å². The van der Waals surface area contributed by atoms with Crippen LogP contribution in [0.2, 0.25) is 0 Å². The summed E-state index contributed by atoms with van der Waals surface area (Å²) in [5.41, 5.74) is 7.19. The zero-order valence-electron chi connectivity index (χ0n) is 17.4. The topological polar surface area (TPSA) is 43.3 Å². The lowest BCUT2D eigenvalue weighted by atomic mass is 9.98. The van der Waals surface area contributed by atoms with Gasteiger partial charge in [-0.25, -0.2) is 4.79 Å². The number of nitrogens with one attached hydrogen (secondary N) is 1. The van der Waals surface area contributed by atoms with Crippen LogP contribution in [0.5, 0.6) is 0 Å². The summed E-state index contributed by atoms with van der Waals surface area (Å²) in [5.74, 6) is 0.0753. The fraction of sp³-hybridized carbons (Fsp3) is 0.148. The molecule has 1 heterocycles. The molecule has 0 radical (unpaired) electrons. The van der Waals surface area contributed by atoms with E-state index in [4.69, 9.17) is 4.74 Å². The average molecular weight is 409 g/mol. The lowest BCUT2D eigenvalue weighted by Crippen LogP contribution is -2.26. The molecule has 5 rings (SSSR count). The van der Waals surface area contributed by atoms with Gasteiger partial charge in [-0.2, -0.15) is 0 Å². The molecule has 1 N–H and O–H groups in total. The van der Waals surface area contributed by atoms with Crippen LogP contribution in [-0.4, -0.2) is 23.8 Å². The highest BCUT2D eigenvalue weighted by molar-refractivity contribution is 5.83. The summed E-state index contributed by atoms with van der Waals surface area (Å²) in [6.07, 6.45) is 5.60. The summed E-state index contributed by atoms with van der Waals surface area (Å²) in [4.78, 5) is 12.2. The summed E-state index contributed by atoms with van der Waals surface area (Å²) in [6.45, 7) is 0.748. The van der Waals surface area contributed by atoms with E-state index in [1.54, 1.807) is 0 Å². The predicted molar refractivity (Wildman–Crippen MR) is 125 cm³/mol. The number of hydrogen-bond donors (Lipinski definition) is 1. The van der Waals surface area contributed by atoms with Crippen molar-refractivity contribution in [2.45, 2.75) is 5.92 Å². The van der Waals surface area contributed by atoms with Crippen LogP contribution in [-0.2, 0) is 11.8 Å². The summed E-state index contributed by atoms with van der Waals surface area (Å²) < 4.78 is 7.66. The van der Waals surface area contributed by atoms with Crippen molar-refractivity contribution in [3.63, 3.8) is 0 Å². The molecule has 0 fully saturated rings. The van der Waals surface area contributed by atoms with Crippen molar-refractivity contribution in [3.8, 4) is 11.1 Å². The molecular formula is C27H24N2O2. The minimum absolute atomic E-state index is 0.0753. The first-order valence-corrected chi connectivity index (χ1v) is 10.5. The van der Waals surface area contributed by atoms with Gasteiger partial charge in [-0.1, -0.05) is 66.7 Å². The number of carbonyl (C=O) groups is 1. The van der Waals surface area contributed by atoms with Gasteiger partial charge in [0.15, 0.2) is 0 Å². The Morgan fingerprint density at radius 2 is 1.71 bits per heavy atom. The first-order valence-electron chi connectivity index (χ1n) is 10.5. The van der Waals surface area contributed by atoms with Gasteiger partial charge in [-0.05, 0) is 46.0 Å². The third kappa shape index (κ3) is 3.73. The predicted octanol–water partition coefficient (Wildman–Crippen LogP) is 5.73. The fourth-order valence-corrected chi connectivity index (χ4v) is 4.39. The summed E-state index contributed by atoms with van der Waals surface area (Å²) in [7, 11) is 2.04. The fourth-order valence-electron chi connectivity index (χ4n) is 4.39. The van der Waals surface area contributed by atoms with Crippen molar-refractivity contribution in [1.82, 2.24) is 9.88 Å². The Kier molecular flexibility index (Phi) is 5.04. The van der Waals surface area contributed by atoms with Crippen LogP contribution in [0.1, 0.15) is 22.6 Å². The normalized spacial score (nSPS) is 12.8.